The molecule has 3 aromatic rings. The summed E-state index contributed by atoms with van der Waals surface area (Å²) in [5.74, 6) is 2.55. The van der Waals surface area contributed by atoms with Crippen LogP contribution < -0.4 is 20.1 Å². The van der Waals surface area contributed by atoms with Crippen LogP contribution in [0.15, 0.2) is 65.0 Å². The van der Waals surface area contributed by atoms with E-state index in [0.717, 1.165) is 17.7 Å². The standard InChI is InChI=1S/C25H29N5O3S/c1-5-15-34-25-28-24-26-16(3)21(23(31)27-18-12-8-10-14-20(18)33-6-2)22(30(24)29-25)17-11-7-9-13-19(17)32-4/h7-14,22H,5-6,15H2,1-4H3,(H,27,31)(H,26,28,29). The van der Waals surface area contributed by atoms with Crippen LogP contribution >= 0.6 is 11.8 Å². The fraction of sp³-hybridized carbons (Fsp3) is 0.320. The molecule has 1 aliphatic rings. The minimum Gasteiger partial charge on any atom is -0.496 e. The second-order valence-electron chi connectivity index (χ2n) is 7.70. The number of carbonyl (C=O) groups is 1. The number of fused-ring (bicyclic) bond motifs is 1. The predicted molar refractivity (Wildman–Crippen MR) is 135 cm³/mol. The van der Waals surface area contributed by atoms with Gasteiger partial charge in [-0.25, -0.2) is 4.68 Å². The predicted octanol–water partition coefficient (Wildman–Crippen LogP) is 5.12. The van der Waals surface area contributed by atoms with Crippen LogP contribution in [0, 0.1) is 0 Å². The first-order valence-corrected chi connectivity index (χ1v) is 12.3. The van der Waals surface area contributed by atoms with E-state index in [4.69, 9.17) is 14.6 Å². The lowest BCUT2D eigenvalue weighted by molar-refractivity contribution is -0.113. The molecule has 0 spiro atoms. The van der Waals surface area contributed by atoms with Crippen LogP contribution in [-0.2, 0) is 4.79 Å². The maximum atomic E-state index is 13.7. The van der Waals surface area contributed by atoms with Crippen LogP contribution in [0.2, 0.25) is 0 Å². The Kier molecular flexibility index (Phi) is 7.42. The second kappa shape index (κ2) is 10.6. The number of allylic oxidation sites excluding steroid dienone is 1. The summed E-state index contributed by atoms with van der Waals surface area (Å²) in [6.07, 6.45) is 1.02. The molecule has 9 heteroatoms. The van der Waals surface area contributed by atoms with E-state index in [1.54, 1.807) is 23.6 Å². The van der Waals surface area contributed by atoms with Crippen LogP contribution in [-0.4, -0.2) is 40.1 Å². The second-order valence-corrected chi connectivity index (χ2v) is 8.76. The Bertz CT molecular complexity index is 1210. The lowest BCUT2D eigenvalue weighted by Crippen LogP contribution is -2.31. The van der Waals surface area contributed by atoms with Gasteiger partial charge < -0.3 is 20.1 Å². The Labute approximate surface area is 203 Å². The van der Waals surface area contributed by atoms with Crippen LogP contribution in [0.25, 0.3) is 0 Å². The lowest BCUT2D eigenvalue weighted by atomic mass is 9.94. The smallest absolute Gasteiger partial charge is 0.255 e. The number of ether oxygens (including phenoxy) is 2. The summed E-state index contributed by atoms with van der Waals surface area (Å²) in [5.41, 5.74) is 2.67. The number of aromatic nitrogens is 3. The average molecular weight is 480 g/mol. The third-order valence-corrected chi connectivity index (χ3v) is 6.43. The van der Waals surface area contributed by atoms with Crippen molar-refractivity contribution < 1.29 is 14.3 Å². The minimum atomic E-state index is -0.518. The number of para-hydroxylation sites is 3. The molecule has 0 fully saturated rings. The lowest BCUT2D eigenvalue weighted by Gasteiger charge is -2.29. The van der Waals surface area contributed by atoms with Gasteiger partial charge >= 0.3 is 0 Å². The highest BCUT2D eigenvalue weighted by molar-refractivity contribution is 7.99. The molecule has 2 aromatic carbocycles. The molecular weight excluding hydrogens is 450 g/mol. The summed E-state index contributed by atoms with van der Waals surface area (Å²) < 4.78 is 13.1. The summed E-state index contributed by atoms with van der Waals surface area (Å²) in [6, 6.07) is 14.6. The van der Waals surface area contributed by atoms with E-state index in [1.807, 2.05) is 62.4 Å². The molecule has 0 bridgehead atoms. The van der Waals surface area contributed by atoms with Crippen molar-refractivity contribution in [2.75, 3.05) is 30.1 Å². The van der Waals surface area contributed by atoms with Crippen molar-refractivity contribution in [3.63, 3.8) is 0 Å². The Balaban J connectivity index is 1.78. The average Bonchev–Trinajstić information content (AvgIpc) is 3.25. The first-order valence-electron chi connectivity index (χ1n) is 11.3. The van der Waals surface area contributed by atoms with Crippen molar-refractivity contribution in [3.8, 4) is 11.5 Å². The third kappa shape index (κ3) is 4.75. The fourth-order valence-electron chi connectivity index (χ4n) is 3.90. The molecule has 2 heterocycles. The molecule has 4 rings (SSSR count). The zero-order chi connectivity index (χ0) is 24.1. The normalized spacial score (nSPS) is 14.9. The molecule has 0 saturated heterocycles. The molecule has 1 aliphatic heterocycles. The number of benzene rings is 2. The molecule has 0 saturated carbocycles. The van der Waals surface area contributed by atoms with Gasteiger partial charge in [-0.1, -0.05) is 49.0 Å². The molecule has 0 radical (unpaired) electrons. The van der Waals surface area contributed by atoms with E-state index in [1.165, 1.54) is 0 Å². The maximum absolute atomic E-state index is 13.7. The number of nitrogens with one attached hydrogen (secondary N) is 2. The van der Waals surface area contributed by atoms with E-state index in [2.05, 4.69) is 22.5 Å². The van der Waals surface area contributed by atoms with E-state index >= 15 is 0 Å². The van der Waals surface area contributed by atoms with Crippen LogP contribution in [0.4, 0.5) is 11.6 Å². The molecule has 1 unspecified atom stereocenters. The molecule has 1 amide bonds. The van der Waals surface area contributed by atoms with Crippen LogP contribution in [0.3, 0.4) is 0 Å². The highest BCUT2D eigenvalue weighted by Gasteiger charge is 2.36. The van der Waals surface area contributed by atoms with Crippen molar-refractivity contribution >= 4 is 29.3 Å². The van der Waals surface area contributed by atoms with Crippen molar-refractivity contribution in [1.82, 2.24) is 14.8 Å². The quantitative estimate of drug-likeness (QED) is 0.412. The summed E-state index contributed by atoms with van der Waals surface area (Å²) in [6.45, 7) is 6.41. The zero-order valence-electron chi connectivity index (χ0n) is 19.8. The first-order chi connectivity index (χ1) is 16.6. The molecule has 8 nitrogen and oxygen atoms in total. The van der Waals surface area contributed by atoms with Gasteiger partial charge in [-0.2, -0.15) is 4.98 Å². The molecule has 0 aliphatic carbocycles. The van der Waals surface area contributed by atoms with E-state index in [0.29, 0.717) is 46.2 Å². The topological polar surface area (TPSA) is 90.3 Å². The van der Waals surface area contributed by atoms with Gasteiger partial charge in [-0.3, -0.25) is 4.79 Å². The van der Waals surface area contributed by atoms with E-state index in [-0.39, 0.29) is 5.91 Å². The third-order valence-electron chi connectivity index (χ3n) is 5.38. The van der Waals surface area contributed by atoms with Gasteiger partial charge in [0, 0.05) is 17.0 Å². The van der Waals surface area contributed by atoms with Gasteiger partial charge in [0.15, 0.2) is 0 Å². The number of hydrogen-bond donors (Lipinski definition) is 2. The number of thioether (sulfide) groups is 1. The number of rotatable bonds is 9. The fourth-order valence-corrected chi connectivity index (χ4v) is 4.58. The Morgan fingerprint density at radius 2 is 1.88 bits per heavy atom. The summed E-state index contributed by atoms with van der Waals surface area (Å²) in [4.78, 5) is 18.4. The highest BCUT2D eigenvalue weighted by Crippen LogP contribution is 2.40. The zero-order valence-corrected chi connectivity index (χ0v) is 20.6. The number of hydrogen-bond acceptors (Lipinski definition) is 7. The summed E-state index contributed by atoms with van der Waals surface area (Å²) >= 11 is 1.59. The van der Waals surface area contributed by atoms with E-state index in [9.17, 15) is 4.79 Å². The van der Waals surface area contributed by atoms with Gasteiger partial charge in [0.1, 0.15) is 17.5 Å². The molecular formula is C25H29N5O3S. The minimum absolute atomic E-state index is 0.253. The number of anilines is 2. The van der Waals surface area contributed by atoms with Gasteiger partial charge in [0.25, 0.3) is 5.91 Å². The van der Waals surface area contributed by atoms with Gasteiger partial charge in [-0.15, -0.1) is 5.10 Å². The largest absolute Gasteiger partial charge is 0.496 e. The highest BCUT2D eigenvalue weighted by atomic mass is 32.2. The van der Waals surface area contributed by atoms with Crippen LogP contribution in [0.1, 0.15) is 38.8 Å². The van der Waals surface area contributed by atoms with Crippen molar-refractivity contribution in [2.24, 2.45) is 0 Å². The van der Waals surface area contributed by atoms with Crippen molar-refractivity contribution in [2.45, 2.75) is 38.4 Å². The van der Waals surface area contributed by atoms with E-state index < -0.39 is 6.04 Å². The van der Waals surface area contributed by atoms with Gasteiger partial charge in [0.2, 0.25) is 11.1 Å². The number of nitrogens with zero attached hydrogens (tertiary/aromatic N) is 3. The first kappa shape index (κ1) is 23.7. The molecule has 1 aromatic heterocycles. The molecule has 2 N–H and O–H groups in total. The number of carbonyl (C=O) groups excluding carboxylic acids is 1. The van der Waals surface area contributed by atoms with Gasteiger partial charge in [-0.05, 0) is 38.5 Å². The monoisotopic (exact) mass is 479 g/mol. The Hall–Kier alpha value is -3.46. The van der Waals surface area contributed by atoms with Gasteiger partial charge in [0.05, 0.1) is 25.0 Å². The SMILES string of the molecule is CCCSc1nc2n(n1)C(c1ccccc1OC)C(C(=O)Nc1ccccc1OCC)=C(C)N2. The maximum Gasteiger partial charge on any atom is 0.255 e. The van der Waals surface area contributed by atoms with Crippen LogP contribution in [0.5, 0.6) is 11.5 Å². The molecule has 34 heavy (non-hydrogen) atoms. The molecule has 178 valence electrons. The Morgan fingerprint density at radius 3 is 2.62 bits per heavy atom. The summed E-state index contributed by atoms with van der Waals surface area (Å²) in [7, 11) is 1.62. The molecule has 1 atom stereocenters. The summed E-state index contributed by atoms with van der Waals surface area (Å²) in [5, 5.41) is 11.7. The number of methoxy groups -OCH3 is 1. The Morgan fingerprint density at radius 1 is 1.15 bits per heavy atom. The van der Waals surface area contributed by atoms with Crippen molar-refractivity contribution in [1.29, 1.82) is 0 Å². The number of amides is 1. The van der Waals surface area contributed by atoms with Crippen molar-refractivity contribution in [3.05, 3.63) is 65.4 Å².